The van der Waals surface area contributed by atoms with E-state index in [4.69, 9.17) is 0 Å². The van der Waals surface area contributed by atoms with Gasteiger partial charge in [0.05, 0.1) is 22.3 Å². The predicted octanol–water partition coefficient (Wildman–Crippen LogP) is 12.7. The van der Waals surface area contributed by atoms with Crippen LogP contribution in [0.1, 0.15) is 108 Å². The Balaban J connectivity index is 1.18. The summed E-state index contributed by atoms with van der Waals surface area (Å²) in [6.07, 6.45) is 25.9. The highest BCUT2D eigenvalue weighted by molar-refractivity contribution is 6.03. The van der Waals surface area contributed by atoms with Gasteiger partial charge in [-0.05, 0) is 107 Å². The molecule has 4 nitrogen and oxygen atoms in total. The lowest BCUT2D eigenvalue weighted by Crippen LogP contribution is -2.15. The van der Waals surface area contributed by atoms with Gasteiger partial charge in [0.2, 0.25) is 0 Å². The molecule has 8 bridgehead atoms. The fourth-order valence-corrected chi connectivity index (χ4v) is 12.8. The van der Waals surface area contributed by atoms with E-state index in [1.807, 2.05) is 48.5 Å². The van der Waals surface area contributed by atoms with Crippen LogP contribution >= 0.6 is 0 Å². The molecule has 13 rings (SSSR count). The number of nitriles is 4. The molecule has 0 amide bonds. The smallest absolute Gasteiger partial charge is 0.100 e. The van der Waals surface area contributed by atoms with E-state index in [0.29, 0.717) is 34.6 Å². The monoisotopic (exact) mass is 764 g/mol. The number of rotatable bonds is 0. The zero-order valence-electron chi connectivity index (χ0n) is 33.0. The van der Waals surface area contributed by atoms with Crippen LogP contribution in [0.5, 0.6) is 0 Å². The van der Waals surface area contributed by atoms with Crippen LogP contribution < -0.4 is 0 Å². The zero-order valence-corrected chi connectivity index (χ0v) is 33.0. The van der Waals surface area contributed by atoms with Gasteiger partial charge in [0.1, 0.15) is 24.3 Å². The largest absolute Gasteiger partial charge is 0.192 e. The molecule has 0 fully saturated rings. The number of fused-ring (bicyclic) bond motifs is 8. The maximum atomic E-state index is 11.3. The lowest BCUT2D eigenvalue weighted by Gasteiger charge is -2.31. The Morgan fingerprint density at radius 2 is 0.800 bits per heavy atom. The molecule has 280 valence electrons. The van der Waals surface area contributed by atoms with Crippen LogP contribution in [-0.2, 0) is 0 Å². The standard InChI is InChI=1S/C56H36N4/c57-25-49-41-5-1-3-7-43(41)51(27-59)55-47-24-48-40-20-38-18-36-16-34-14-33-15-35-17-37(19-39(47)21-40)45(53(49)55)22-31(35)11-9-29(33)13-30(34)10-12-32(36)23-46(38)54-50(26-58)42-6-2-4-8-44(42)52(28-60)56(48)54/h1-12,14,17-18,21,29,32,45,48H,13,15-16,19-20,22-24H2. The number of benzene rings is 4. The van der Waals surface area contributed by atoms with Gasteiger partial charge in [-0.2, -0.15) is 21.0 Å². The summed E-state index contributed by atoms with van der Waals surface area (Å²) in [5.41, 5.74) is 22.1. The SMILES string of the molecule is N#Cc1c2c(c(C#N)c3ccccc13)C1CC3=C4C=C1CC1=C2CC2C(=C1)CC1=C(CC5C=CC6=C(C=C(C4)C(C=C3)C6)CC5=C1)c1c2c(C#N)c2ccccc2c1C#N. The van der Waals surface area contributed by atoms with Gasteiger partial charge >= 0.3 is 0 Å². The van der Waals surface area contributed by atoms with Gasteiger partial charge in [0.15, 0.2) is 0 Å². The third kappa shape index (κ3) is 4.41. The highest BCUT2D eigenvalue weighted by Gasteiger charge is 2.43. The van der Waals surface area contributed by atoms with Crippen LogP contribution in [0.3, 0.4) is 0 Å². The molecular weight excluding hydrogens is 729 g/mol. The second-order valence-electron chi connectivity index (χ2n) is 18.2. The lowest BCUT2D eigenvalue weighted by molar-refractivity contribution is 0.706. The molecule has 0 heterocycles. The Morgan fingerprint density at radius 3 is 1.33 bits per heavy atom. The molecule has 0 saturated heterocycles. The highest BCUT2D eigenvalue weighted by atomic mass is 14.5. The Hall–Kier alpha value is -7.24. The first-order valence-corrected chi connectivity index (χ1v) is 21.4. The first-order valence-electron chi connectivity index (χ1n) is 21.4. The summed E-state index contributed by atoms with van der Waals surface area (Å²) < 4.78 is 0. The molecule has 9 aliphatic carbocycles. The van der Waals surface area contributed by atoms with E-state index in [0.717, 1.165) is 94.3 Å². The topological polar surface area (TPSA) is 95.2 Å². The van der Waals surface area contributed by atoms with Crippen molar-refractivity contribution in [3.05, 3.63) is 197 Å². The van der Waals surface area contributed by atoms with E-state index in [1.165, 1.54) is 61.3 Å². The van der Waals surface area contributed by atoms with Crippen molar-refractivity contribution < 1.29 is 0 Å². The van der Waals surface area contributed by atoms with Crippen molar-refractivity contribution in [1.29, 1.82) is 21.0 Å². The van der Waals surface area contributed by atoms with Crippen LogP contribution in [0.15, 0.2) is 153 Å². The van der Waals surface area contributed by atoms with Crippen molar-refractivity contribution in [2.75, 3.05) is 0 Å². The molecule has 4 unspecified atom stereocenters. The Kier molecular flexibility index (Phi) is 6.83. The maximum Gasteiger partial charge on any atom is 0.100 e. The van der Waals surface area contributed by atoms with E-state index in [-0.39, 0.29) is 17.8 Å². The van der Waals surface area contributed by atoms with E-state index in [1.54, 1.807) is 0 Å². The number of nitrogens with zero attached hydrogens (tertiary/aromatic N) is 4. The van der Waals surface area contributed by atoms with Gasteiger partial charge < -0.3 is 0 Å². The minimum atomic E-state index is -0.202. The first-order chi connectivity index (χ1) is 29.5. The second kappa shape index (κ2) is 12.2. The molecule has 4 aromatic rings. The summed E-state index contributed by atoms with van der Waals surface area (Å²) >= 11 is 0. The molecular formula is C56H36N4. The summed E-state index contributed by atoms with van der Waals surface area (Å²) in [6, 6.07) is 26.7. The maximum absolute atomic E-state index is 11.3. The Morgan fingerprint density at radius 1 is 0.400 bits per heavy atom. The van der Waals surface area contributed by atoms with Crippen molar-refractivity contribution in [2.45, 2.75) is 63.2 Å². The Bertz CT molecular complexity index is 3360. The van der Waals surface area contributed by atoms with Crippen LogP contribution in [-0.4, -0.2) is 0 Å². The minimum Gasteiger partial charge on any atom is -0.192 e. The van der Waals surface area contributed by atoms with E-state index in [9.17, 15) is 21.0 Å². The van der Waals surface area contributed by atoms with Gasteiger partial charge in [-0.1, -0.05) is 119 Å². The molecule has 0 saturated carbocycles. The summed E-state index contributed by atoms with van der Waals surface area (Å²) in [7, 11) is 0. The summed E-state index contributed by atoms with van der Waals surface area (Å²) in [4.78, 5) is 0. The van der Waals surface area contributed by atoms with E-state index >= 15 is 0 Å². The van der Waals surface area contributed by atoms with Crippen LogP contribution in [0.25, 0.3) is 32.7 Å². The Labute approximate surface area is 349 Å². The van der Waals surface area contributed by atoms with E-state index in [2.05, 4.69) is 72.9 Å². The van der Waals surface area contributed by atoms with Crippen LogP contribution in [0.4, 0.5) is 0 Å². The van der Waals surface area contributed by atoms with Crippen molar-refractivity contribution in [3.8, 4) is 24.3 Å². The first kappa shape index (κ1) is 33.7. The fraction of sp³-hybridized carbons (Fsp3) is 0.214. The van der Waals surface area contributed by atoms with Gasteiger partial charge in [-0.3, -0.25) is 0 Å². The third-order valence-corrected chi connectivity index (χ3v) is 15.5. The van der Waals surface area contributed by atoms with Crippen molar-refractivity contribution in [1.82, 2.24) is 0 Å². The zero-order chi connectivity index (χ0) is 40.0. The fourth-order valence-electron chi connectivity index (χ4n) is 12.8. The van der Waals surface area contributed by atoms with Gasteiger partial charge in [-0.25, -0.2) is 0 Å². The number of allylic oxidation sites excluding steroid dienone is 20. The predicted molar refractivity (Wildman–Crippen MR) is 235 cm³/mol. The molecule has 0 spiro atoms. The van der Waals surface area contributed by atoms with Crippen LogP contribution in [0, 0.1) is 57.2 Å². The molecule has 9 aliphatic rings. The second-order valence-corrected chi connectivity index (χ2v) is 18.2. The summed E-state index contributed by atoms with van der Waals surface area (Å²) in [5, 5.41) is 48.3. The third-order valence-electron chi connectivity index (χ3n) is 15.5. The molecule has 0 radical (unpaired) electrons. The molecule has 0 aliphatic heterocycles. The number of hydrogen-bond donors (Lipinski definition) is 0. The molecule has 60 heavy (non-hydrogen) atoms. The summed E-state index contributed by atoms with van der Waals surface area (Å²) in [5.74, 6) is 0.233. The van der Waals surface area contributed by atoms with Crippen molar-refractivity contribution >= 4 is 32.7 Å². The average molecular weight is 765 g/mol. The lowest BCUT2D eigenvalue weighted by atomic mass is 9.71. The summed E-state index contributed by atoms with van der Waals surface area (Å²) in [6.45, 7) is 0. The molecule has 4 atom stereocenters. The molecule has 4 aromatic carbocycles. The molecule has 4 heteroatoms. The van der Waals surface area contributed by atoms with Gasteiger partial charge in [0, 0.05) is 56.3 Å². The highest BCUT2D eigenvalue weighted by Crippen LogP contribution is 2.59. The quantitative estimate of drug-likeness (QED) is 0.178. The van der Waals surface area contributed by atoms with Gasteiger partial charge in [0.25, 0.3) is 0 Å². The van der Waals surface area contributed by atoms with E-state index < -0.39 is 0 Å². The minimum absolute atomic E-state index is 0.0690. The van der Waals surface area contributed by atoms with Crippen molar-refractivity contribution in [2.24, 2.45) is 11.8 Å². The average Bonchev–Trinajstić information content (AvgIpc) is 3.67. The van der Waals surface area contributed by atoms with Crippen LogP contribution in [0.2, 0.25) is 0 Å². The number of hydrogen-bond acceptors (Lipinski definition) is 4. The normalized spacial score (nSPS) is 24.7. The molecule has 0 aromatic heterocycles. The van der Waals surface area contributed by atoms with Gasteiger partial charge in [-0.15, -0.1) is 0 Å². The molecule has 0 N–H and O–H groups in total. The van der Waals surface area contributed by atoms with Crippen molar-refractivity contribution in [3.63, 3.8) is 0 Å².